The van der Waals surface area contributed by atoms with E-state index in [1.807, 2.05) is 0 Å². The van der Waals surface area contributed by atoms with Crippen molar-refractivity contribution in [1.29, 1.82) is 0 Å². The van der Waals surface area contributed by atoms with Crippen LogP contribution in [0.15, 0.2) is 72.9 Å². The molecule has 0 saturated carbocycles. The number of unbranched alkanes of at least 4 members (excludes halogenated alkanes) is 17. The number of carbonyl (C=O) groups is 2. The summed E-state index contributed by atoms with van der Waals surface area (Å²) in [6.45, 7) is 7.50. The maximum absolute atomic E-state index is 12.7. The van der Waals surface area contributed by atoms with Gasteiger partial charge in [0.05, 0.1) is 6.61 Å². The topological polar surface area (TPSA) is 61.8 Å². The minimum atomic E-state index is -0.571. The third kappa shape index (κ3) is 42.1. The van der Waals surface area contributed by atoms with Crippen molar-refractivity contribution >= 4 is 11.9 Å². The van der Waals surface area contributed by atoms with Crippen molar-refractivity contribution in [2.45, 2.75) is 207 Å². The van der Waals surface area contributed by atoms with E-state index in [1.54, 1.807) is 0 Å². The van der Waals surface area contributed by atoms with Gasteiger partial charge in [-0.2, -0.15) is 0 Å². The Morgan fingerprint density at radius 3 is 1.41 bits per heavy atom. The molecular weight excluding hydrogens is 669 g/mol. The largest absolute Gasteiger partial charge is 0.462 e. The molecule has 0 aromatic carbocycles. The summed E-state index contributed by atoms with van der Waals surface area (Å²) in [5.74, 6) is -0.453. The molecule has 0 bridgehead atoms. The fourth-order valence-corrected chi connectivity index (χ4v) is 5.84. The predicted octanol–water partition coefficient (Wildman–Crippen LogP) is 14.8. The fourth-order valence-electron chi connectivity index (χ4n) is 5.84. The monoisotopic (exact) mass is 753 g/mol. The average molecular weight is 753 g/mol. The maximum Gasteiger partial charge on any atom is 0.306 e. The summed E-state index contributed by atoms with van der Waals surface area (Å²) in [6, 6.07) is 0. The molecule has 1 atom stereocenters. The molecule has 310 valence electrons. The summed E-state index contributed by atoms with van der Waals surface area (Å²) >= 11 is 0. The lowest BCUT2D eigenvalue weighted by molar-refractivity contribution is -0.163. The third-order valence-electron chi connectivity index (χ3n) is 9.20. The molecule has 0 aliphatic rings. The number of hydrogen-bond acceptors (Lipinski definition) is 5. The van der Waals surface area contributed by atoms with Gasteiger partial charge in [0.2, 0.25) is 0 Å². The van der Waals surface area contributed by atoms with Crippen LogP contribution in [-0.4, -0.2) is 37.9 Å². The standard InChI is InChI=1S/C49H84O5/c1-4-7-10-13-16-19-22-24-26-29-32-35-38-41-44-52-45-47(54-49(51)43-40-37-34-31-27-21-18-15-12-9-6-3)46-53-48(50)42-39-36-33-30-28-25-23-20-17-14-11-8-5-2/h7,10,15-16,18-20,23-24,26,32,35,47H,4-6,8-9,11-14,17,21-22,25,27-31,33-34,36-46H2,1-3H3/b10-7-,18-15-,19-16-,23-20-,26-24-,35-32-. The van der Waals surface area contributed by atoms with Crippen molar-refractivity contribution in [1.82, 2.24) is 0 Å². The Labute approximate surface area is 334 Å². The molecule has 54 heavy (non-hydrogen) atoms. The first-order chi connectivity index (χ1) is 26.6. The summed E-state index contributed by atoms with van der Waals surface area (Å²) < 4.78 is 17.2. The summed E-state index contributed by atoms with van der Waals surface area (Å²) in [5, 5.41) is 0. The van der Waals surface area contributed by atoms with Gasteiger partial charge in [0.1, 0.15) is 6.61 Å². The van der Waals surface area contributed by atoms with Crippen LogP contribution < -0.4 is 0 Å². The number of hydrogen-bond donors (Lipinski definition) is 0. The van der Waals surface area contributed by atoms with Gasteiger partial charge in [0, 0.05) is 19.4 Å². The minimum Gasteiger partial charge on any atom is -0.462 e. The zero-order valence-corrected chi connectivity index (χ0v) is 35.5. The second-order valence-electron chi connectivity index (χ2n) is 14.6. The highest BCUT2D eigenvalue weighted by molar-refractivity contribution is 5.70. The van der Waals surface area contributed by atoms with Gasteiger partial charge in [0.15, 0.2) is 6.10 Å². The summed E-state index contributed by atoms with van der Waals surface area (Å²) in [7, 11) is 0. The van der Waals surface area contributed by atoms with Crippen LogP contribution in [0.1, 0.15) is 201 Å². The lowest BCUT2D eigenvalue weighted by Crippen LogP contribution is -2.30. The van der Waals surface area contributed by atoms with Crippen LogP contribution in [0.2, 0.25) is 0 Å². The highest BCUT2D eigenvalue weighted by atomic mass is 16.6. The van der Waals surface area contributed by atoms with Gasteiger partial charge < -0.3 is 14.2 Å². The second kappa shape index (κ2) is 44.7. The molecule has 0 N–H and O–H groups in total. The molecule has 1 unspecified atom stereocenters. The Morgan fingerprint density at radius 2 is 0.852 bits per heavy atom. The SMILES string of the molecule is CC/C=C\C/C=C\C/C=C\C/C=C\CCCOCC(COC(=O)CCCCCCC/C=C\CCCCCC)OC(=O)CCCCCCC/C=C\CCCC. The maximum atomic E-state index is 12.7. The zero-order valence-electron chi connectivity index (χ0n) is 35.5. The summed E-state index contributed by atoms with van der Waals surface area (Å²) in [6.07, 6.45) is 56.2. The van der Waals surface area contributed by atoms with Crippen molar-refractivity contribution in [2.24, 2.45) is 0 Å². The zero-order chi connectivity index (χ0) is 39.3. The van der Waals surface area contributed by atoms with E-state index in [0.29, 0.717) is 19.4 Å². The number of carbonyl (C=O) groups excluding carboxylic acids is 2. The van der Waals surface area contributed by atoms with E-state index in [9.17, 15) is 9.59 Å². The lowest BCUT2D eigenvalue weighted by Gasteiger charge is -2.18. The number of esters is 2. The molecular formula is C49H84O5. The van der Waals surface area contributed by atoms with Crippen molar-refractivity contribution < 1.29 is 23.8 Å². The fraction of sp³-hybridized carbons (Fsp3) is 0.714. The van der Waals surface area contributed by atoms with Crippen LogP contribution >= 0.6 is 0 Å². The number of rotatable bonds is 40. The second-order valence-corrected chi connectivity index (χ2v) is 14.6. The molecule has 0 aliphatic heterocycles. The van der Waals surface area contributed by atoms with Crippen LogP contribution in [0.5, 0.6) is 0 Å². The first kappa shape index (κ1) is 51.3. The van der Waals surface area contributed by atoms with Crippen molar-refractivity contribution in [3.05, 3.63) is 72.9 Å². The molecule has 0 spiro atoms. The van der Waals surface area contributed by atoms with Gasteiger partial charge in [-0.25, -0.2) is 0 Å². The highest BCUT2D eigenvalue weighted by Crippen LogP contribution is 2.12. The first-order valence-corrected chi connectivity index (χ1v) is 22.5. The smallest absolute Gasteiger partial charge is 0.306 e. The van der Waals surface area contributed by atoms with Crippen molar-refractivity contribution in [3.8, 4) is 0 Å². The van der Waals surface area contributed by atoms with Crippen LogP contribution in [0.4, 0.5) is 0 Å². The Balaban J connectivity index is 4.37. The molecule has 0 fully saturated rings. The van der Waals surface area contributed by atoms with Gasteiger partial charge in [-0.3, -0.25) is 9.59 Å². The molecule has 0 aliphatic carbocycles. The van der Waals surface area contributed by atoms with Crippen LogP contribution in [0.3, 0.4) is 0 Å². The third-order valence-corrected chi connectivity index (χ3v) is 9.20. The van der Waals surface area contributed by atoms with E-state index in [2.05, 4.69) is 93.7 Å². The predicted molar refractivity (Wildman–Crippen MR) is 233 cm³/mol. The van der Waals surface area contributed by atoms with Gasteiger partial charge in [-0.05, 0) is 96.3 Å². The summed E-state index contributed by atoms with van der Waals surface area (Å²) in [4.78, 5) is 25.2. The Hall–Kier alpha value is -2.66. The highest BCUT2D eigenvalue weighted by Gasteiger charge is 2.17. The molecule has 5 nitrogen and oxygen atoms in total. The average Bonchev–Trinajstić information content (AvgIpc) is 3.17. The minimum absolute atomic E-state index is 0.0536. The van der Waals surface area contributed by atoms with Crippen molar-refractivity contribution in [3.63, 3.8) is 0 Å². The molecule has 0 aromatic heterocycles. The Bertz CT molecular complexity index is 988. The van der Waals surface area contributed by atoms with E-state index in [4.69, 9.17) is 14.2 Å². The molecule has 0 saturated heterocycles. The first-order valence-electron chi connectivity index (χ1n) is 22.5. The van der Waals surface area contributed by atoms with Crippen LogP contribution in [-0.2, 0) is 23.8 Å². The van der Waals surface area contributed by atoms with Gasteiger partial charge in [-0.15, -0.1) is 0 Å². The molecule has 5 heteroatoms. The molecule has 0 heterocycles. The molecule has 0 radical (unpaired) electrons. The van der Waals surface area contributed by atoms with E-state index in [0.717, 1.165) is 89.9 Å². The quantitative estimate of drug-likeness (QED) is 0.0354. The van der Waals surface area contributed by atoms with Crippen LogP contribution in [0, 0.1) is 0 Å². The van der Waals surface area contributed by atoms with Gasteiger partial charge in [0.25, 0.3) is 0 Å². The number of ether oxygens (including phenoxy) is 3. The molecule has 0 rings (SSSR count). The van der Waals surface area contributed by atoms with Crippen LogP contribution in [0.25, 0.3) is 0 Å². The number of allylic oxidation sites excluding steroid dienone is 12. The van der Waals surface area contributed by atoms with E-state index >= 15 is 0 Å². The Morgan fingerprint density at radius 1 is 0.426 bits per heavy atom. The van der Waals surface area contributed by atoms with E-state index < -0.39 is 6.10 Å². The van der Waals surface area contributed by atoms with Gasteiger partial charge in [-0.1, -0.05) is 164 Å². The van der Waals surface area contributed by atoms with E-state index in [-0.39, 0.29) is 25.2 Å². The summed E-state index contributed by atoms with van der Waals surface area (Å²) in [5.41, 5.74) is 0. The normalized spacial score (nSPS) is 12.9. The Kier molecular flexibility index (Phi) is 42.5. The van der Waals surface area contributed by atoms with E-state index in [1.165, 1.54) is 77.0 Å². The molecule has 0 amide bonds. The van der Waals surface area contributed by atoms with Crippen molar-refractivity contribution in [2.75, 3.05) is 19.8 Å². The lowest BCUT2D eigenvalue weighted by atomic mass is 10.1. The van der Waals surface area contributed by atoms with Gasteiger partial charge >= 0.3 is 11.9 Å². The molecule has 0 aromatic rings.